The summed E-state index contributed by atoms with van der Waals surface area (Å²) in [5, 5.41) is 51.7. The average Bonchev–Trinajstić information content (AvgIpc) is 3.45. The number of thioether (sulfide) groups is 1. The van der Waals surface area contributed by atoms with Crippen LogP contribution >= 0.6 is 23.1 Å². The zero-order valence-electron chi connectivity index (χ0n) is 25.2. The molecule has 1 aliphatic carbocycles. The number of β-lactam (4-membered cyclic amide) rings is 1. The van der Waals surface area contributed by atoms with Gasteiger partial charge < -0.3 is 51.2 Å². The Kier molecular flexibility index (Phi) is 10.6. The predicted octanol–water partition coefficient (Wildman–Crippen LogP) is 0.948. The summed E-state index contributed by atoms with van der Waals surface area (Å²) in [6.45, 7) is 5.59. The third kappa shape index (κ3) is 7.69. The Morgan fingerprint density at radius 3 is 2.62 bits per heavy atom. The molecule has 1 unspecified atom stereocenters. The van der Waals surface area contributed by atoms with Crippen LogP contribution in [-0.4, -0.2) is 108 Å². The first-order valence-corrected chi connectivity index (χ1v) is 15.6. The number of oxime groups is 2. The summed E-state index contributed by atoms with van der Waals surface area (Å²) < 4.78 is 4.93. The van der Waals surface area contributed by atoms with Crippen LogP contribution in [-0.2, 0) is 33.6 Å². The highest BCUT2D eigenvalue weighted by atomic mass is 32.2. The molecule has 2 atom stereocenters. The molecular formula is C27H29N7O12S2. The number of rotatable bonds is 13. The molecule has 0 saturated carbocycles. The van der Waals surface area contributed by atoms with E-state index >= 15 is 0 Å². The lowest BCUT2D eigenvalue weighted by Crippen LogP contribution is -2.70. The maximum Gasteiger partial charge on any atom is 0.512 e. The van der Waals surface area contributed by atoms with Crippen LogP contribution < -0.4 is 16.4 Å². The molecule has 1 aromatic heterocycles. The molecule has 1 saturated heterocycles. The van der Waals surface area contributed by atoms with Crippen LogP contribution in [0.25, 0.3) is 0 Å². The van der Waals surface area contributed by atoms with Gasteiger partial charge in [0.05, 0.1) is 12.0 Å². The van der Waals surface area contributed by atoms with Gasteiger partial charge in [-0.1, -0.05) is 23.0 Å². The number of allylic oxidation sites excluding steroid dienone is 2. The van der Waals surface area contributed by atoms with Crippen molar-refractivity contribution >= 4 is 69.5 Å². The number of hydrogen-bond acceptors (Lipinski definition) is 16. The zero-order valence-corrected chi connectivity index (χ0v) is 26.8. The van der Waals surface area contributed by atoms with Gasteiger partial charge in [-0.05, 0) is 19.9 Å². The average molecular weight is 708 g/mol. The molecule has 48 heavy (non-hydrogen) atoms. The Morgan fingerprint density at radius 2 is 2.00 bits per heavy atom. The van der Waals surface area contributed by atoms with Gasteiger partial charge >= 0.3 is 12.1 Å². The molecule has 4 rings (SSSR count). The van der Waals surface area contributed by atoms with E-state index < -0.39 is 64.1 Å². The number of anilines is 1. The van der Waals surface area contributed by atoms with Gasteiger partial charge in [0.15, 0.2) is 16.6 Å². The van der Waals surface area contributed by atoms with Crippen molar-refractivity contribution in [2.45, 2.75) is 37.3 Å². The number of hydrogen-bond donors (Lipinski definition) is 7. The van der Waals surface area contributed by atoms with E-state index in [1.165, 1.54) is 25.3 Å². The van der Waals surface area contributed by atoms with Crippen LogP contribution in [0.1, 0.15) is 26.0 Å². The normalized spacial score (nSPS) is 20.3. The molecule has 0 bridgehead atoms. The lowest BCUT2D eigenvalue weighted by atomic mass is 9.99. The summed E-state index contributed by atoms with van der Waals surface area (Å²) in [5.41, 5.74) is 3.39. The maximum atomic E-state index is 13.3. The number of amides is 3. The van der Waals surface area contributed by atoms with Gasteiger partial charge in [-0.25, -0.2) is 14.6 Å². The molecule has 3 heterocycles. The van der Waals surface area contributed by atoms with E-state index in [0.29, 0.717) is 0 Å². The Balaban J connectivity index is 1.52. The fraction of sp³-hybridized carbons (Fsp3) is 0.333. The molecule has 0 spiro atoms. The quantitative estimate of drug-likeness (QED) is 0.0375. The molecule has 8 N–H and O–H groups in total. The van der Waals surface area contributed by atoms with Crippen LogP contribution in [0.5, 0.6) is 0 Å². The van der Waals surface area contributed by atoms with Gasteiger partial charge in [0.25, 0.3) is 17.7 Å². The first kappa shape index (κ1) is 35.3. The van der Waals surface area contributed by atoms with Crippen LogP contribution in [0.2, 0.25) is 0 Å². The monoisotopic (exact) mass is 707 g/mol. The summed E-state index contributed by atoms with van der Waals surface area (Å²) in [6.07, 6.45) is 0.332. The second-order valence-corrected chi connectivity index (χ2v) is 12.4. The number of fused-ring (bicyclic) bond motifs is 1. The van der Waals surface area contributed by atoms with Gasteiger partial charge in [-0.15, -0.1) is 23.1 Å². The minimum absolute atomic E-state index is 0.00426. The lowest BCUT2D eigenvalue weighted by Gasteiger charge is -2.49. The van der Waals surface area contributed by atoms with Gasteiger partial charge in [0.2, 0.25) is 11.5 Å². The second-order valence-electron chi connectivity index (χ2n) is 10.4. The van der Waals surface area contributed by atoms with E-state index in [9.17, 15) is 44.4 Å². The van der Waals surface area contributed by atoms with Crippen molar-refractivity contribution in [3.63, 3.8) is 0 Å². The number of thiazole rings is 1. The Morgan fingerprint density at radius 1 is 1.27 bits per heavy atom. The van der Waals surface area contributed by atoms with Crippen molar-refractivity contribution < 1.29 is 58.8 Å². The van der Waals surface area contributed by atoms with Crippen molar-refractivity contribution in [1.29, 1.82) is 0 Å². The number of aliphatic hydroxyl groups excluding tert-OH is 2. The van der Waals surface area contributed by atoms with E-state index in [1.807, 2.05) is 0 Å². The smallest absolute Gasteiger partial charge is 0.508 e. The van der Waals surface area contributed by atoms with E-state index in [1.54, 1.807) is 0 Å². The summed E-state index contributed by atoms with van der Waals surface area (Å²) in [7, 11) is 0. The summed E-state index contributed by atoms with van der Waals surface area (Å²) >= 11 is 2.09. The minimum atomic E-state index is -1.82. The lowest BCUT2D eigenvalue weighted by molar-refractivity contribution is -0.161. The number of aliphatic carboxylic acids is 1. The highest BCUT2D eigenvalue weighted by Crippen LogP contribution is 2.40. The van der Waals surface area contributed by atoms with Crippen molar-refractivity contribution in [3.8, 4) is 0 Å². The number of aromatic nitrogens is 1. The SMILES string of the molecule is C=CCON=C1CC(O)=C(O)C=C1C(=O)NCC1=C(OC(=O)O)N2C(=O)C(NC(=O)/C(=N\OC(C)(C)C(=O)O)c3csc(N)n3)[C@@H]2SC1. The van der Waals surface area contributed by atoms with Crippen molar-refractivity contribution in [2.75, 3.05) is 24.6 Å². The minimum Gasteiger partial charge on any atom is -0.508 e. The molecule has 2 aliphatic heterocycles. The molecule has 19 nitrogen and oxygen atoms in total. The Bertz CT molecular complexity index is 1710. The van der Waals surface area contributed by atoms with Crippen LogP contribution in [0.3, 0.4) is 0 Å². The van der Waals surface area contributed by atoms with Crippen LogP contribution in [0.15, 0.2) is 63.0 Å². The first-order valence-electron chi connectivity index (χ1n) is 13.6. The van der Waals surface area contributed by atoms with Crippen molar-refractivity contribution in [2.24, 2.45) is 10.3 Å². The van der Waals surface area contributed by atoms with Gasteiger partial charge in [-0.3, -0.25) is 19.3 Å². The molecule has 256 valence electrons. The number of aliphatic hydroxyl groups is 2. The van der Waals surface area contributed by atoms with E-state index in [4.69, 9.17) is 20.1 Å². The number of ether oxygens (including phenoxy) is 1. The van der Waals surface area contributed by atoms with Crippen LogP contribution in [0.4, 0.5) is 9.93 Å². The fourth-order valence-electron chi connectivity index (χ4n) is 4.12. The number of nitrogens with zero attached hydrogens (tertiary/aromatic N) is 4. The number of carbonyl (C=O) groups excluding carboxylic acids is 3. The molecule has 0 radical (unpaired) electrons. The predicted molar refractivity (Wildman–Crippen MR) is 169 cm³/mol. The number of nitrogens with one attached hydrogen (secondary N) is 2. The second kappa shape index (κ2) is 14.5. The summed E-state index contributed by atoms with van der Waals surface area (Å²) in [4.78, 5) is 77.8. The van der Waals surface area contributed by atoms with E-state index in [0.717, 1.165) is 34.1 Å². The molecule has 1 aromatic rings. The Labute approximate surface area is 279 Å². The van der Waals surface area contributed by atoms with E-state index in [-0.39, 0.29) is 58.9 Å². The maximum absolute atomic E-state index is 13.3. The highest BCUT2D eigenvalue weighted by molar-refractivity contribution is 8.00. The number of carboxylic acid groups (broad SMARTS) is 2. The number of nitrogen functional groups attached to an aromatic ring is 1. The van der Waals surface area contributed by atoms with Crippen molar-refractivity contribution in [1.82, 2.24) is 20.5 Å². The fourth-order valence-corrected chi connectivity index (χ4v) is 5.99. The molecule has 3 amide bonds. The van der Waals surface area contributed by atoms with Crippen LogP contribution in [0, 0.1) is 0 Å². The number of nitrogens with two attached hydrogens (primary N) is 1. The number of carbonyl (C=O) groups is 5. The molecule has 1 fully saturated rings. The third-order valence-corrected chi connectivity index (χ3v) is 8.63. The molecular weight excluding hydrogens is 678 g/mol. The number of carboxylic acids is 1. The topological polar surface area (TPSA) is 285 Å². The van der Waals surface area contributed by atoms with Gasteiger partial charge in [0.1, 0.15) is 35.2 Å². The third-order valence-electron chi connectivity index (χ3n) is 6.62. The van der Waals surface area contributed by atoms with Gasteiger partial charge in [-0.2, -0.15) is 0 Å². The van der Waals surface area contributed by atoms with Gasteiger partial charge in [0, 0.05) is 23.3 Å². The molecule has 0 aromatic carbocycles. The Hall–Kier alpha value is -5.57. The molecule has 21 heteroatoms. The summed E-state index contributed by atoms with van der Waals surface area (Å²) in [5.74, 6) is -5.20. The first-order chi connectivity index (χ1) is 22.6. The highest BCUT2D eigenvalue weighted by Gasteiger charge is 2.54. The largest absolute Gasteiger partial charge is 0.512 e. The zero-order chi connectivity index (χ0) is 35.3. The van der Waals surface area contributed by atoms with E-state index in [2.05, 4.69) is 32.5 Å². The summed E-state index contributed by atoms with van der Waals surface area (Å²) in [6, 6.07) is -1.20. The van der Waals surface area contributed by atoms with Crippen molar-refractivity contribution in [3.05, 3.63) is 58.4 Å². The standard InChI is InChI=1S/C27H29N7O12S2/c1-4-5-44-32-13-7-16(36)15(35)6-12(13)19(37)29-8-11-9-47-23-18(21(39)34(23)22(11)45-26(42)43)31-20(38)17(14-10-48-25(28)30-14)33-46-27(2,3)24(40)41/h4,6,10,18,23,35-36H,1,5,7-9H2,2-3H3,(H2,28,30)(H,29,37)(H,31,38)(H,40,41)(H,42,43)/b32-13?,33-17-/t18?,23-/m0/s1. The molecule has 3 aliphatic rings.